The van der Waals surface area contributed by atoms with Crippen molar-refractivity contribution in [2.75, 3.05) is 20.2 Å². The Morgan fingerprint density at radius 3 is 2.20 bits per heavy atom. The summed E-state index contributed by atoms with van der Waals surface area (Å²) < 4.78 is 5.13. The smallest absolute Gasteiger partial charge is 0.328 e. The highest BCUT2D eigenvalue weighted by Gasteiger charge is 2.54. The fourth-order valence-electron chi connectivity index (χ4n) is 3.39. The number of methoxy groups -OCH3 is 1. The predicted octanol–water partition coefficient (Wildman–Crippen LogP) is -0.201. The minimum absolute atomic E-state index is 0.123. The van der Waals surface area contributed by atoms with Crippen molar-refractivity contribution in [1.29, 1.82) is 0 Å². The molecule has 25 heavy (non-hydrogen) atoms. The molecule has 4 amide bonds. The molecule has 2 aliphatic heterocycles. The van der Waals surface area contributed by atoms with Crippen molar-refractivity contribution in [3.8, 4) is 5.75 Å². The maximum atomic E-state index is 12.7. The first-order valence-corrected chi connectivity index (χ1v) is 8.18. The maximum Gasteiger partial charge on any atom is 0.328 e. The Bertz CT molecular complexity index is 660. The average molecular weight is 347 g/mol. The molecule has 2 heterocycles. The average Bonchev–Trinajstić information content (AvgIpc) is 2.59. The second-order valence-electron chi connectivity index (χ2n) is 6.34. The third-order valence-corrected chi connectivity index (χ3v) is 4.83. The summed E-state index contributed by atoms with van der Waals surface area (Å²) >= 11 is 0. The number of barbiturate groups is 1. The van der Waals surface area contributed by atoms with E-state index < -0.39 is 29.5 Å². The topological polar surface area (TPSA) is 108 Å². The van der Waals surface area contributed by atoms with Crippen molar-refractivity contribution in [3.05, 3.63) is 29.8 Å². The van der Waals surface area contributed by atoms with Gasteiger partial charge in [-0.05, 0) is 30.5 Å². The van der Waals surface area contributed by atoms with Crippen molar-refractivity contribution >= 4 is 17.8 Å². The molecule has 2 aliphatic rings. The largest absolute Gasteiger partial charge is 0.497 e. The second-order valence-corrected chi connectivity index (χ2v) is 6.34. The van der Waals surface area contributed by atoms with Crippen LogP contribution in [-0.2, 0) is 16.0 Å². The van der Waals surface area contributed by atoms with Gasteiger partial charge >= 0.3 is 6.03 Å². The first-order valence-electron chi connectivity index (χ1n) is 8.18. The molecule has 0 spiro atoms. The van der Waals surface area contributed by atoms with Crippen LogP contribution in [0.4, 0.5) is 4.79 Å². The van der Waals surface area contributed by atoms with E-state index in [-0.39, 0.29) is 6.42 Å². The number of imide groups is 2. The molecule has 0 aromatic heterocycles. The van der Waals surface area contributed by atoms with Crippen LogP contribution in [0.15, 0.2) is 24.3 Å². The number of ether oxygens (including phenoxy) is 1. The lowest BCUT2D eigenvalue weighted by Crippen LogP contribution is -2.74. The Morgan fingerprint density at radius 2 is 1.68 bits per heavy atom. The molecule has 3 N–H and O–H groups in total. The van der Waals surface area contributed by atoms with Crippen LogP contribution in [0.1, 0.15) is 18.4 Å². The van der Waals surface area contributed by atoms with E-state index in [0.29, 0.717) is 31.7 Å². The number of urea groups is 1. The number of carbonyl (C=O) groups is 3. The summed E-state index contributed by atoms with van der Waals surface area (Å²) in [4.78, 5) is 38.7. The van der Waals surface area contributed by atoms with Crippen molar-refractivity contribution in [3.63, 3.8) is 0 Å². The zero-order valence-electron chi connectivity index (χ0n) is 13.9. The zero-order valence-corrected chi connectivity index (χ0v) is 13.9. The number of amides is 4. The minimum atomic E-state index is -1.51. The zero-order chi connectivity index (χ0) is 18.0. The van der Waals surface area contributed by atoms with Crippen molar-refractivity contribution in [2.45, 2.75) is 30.9 Å². The summed E-state index contributed by atoms with van der Waals surface area (Å²) in [7, 11) is 1.56. The van der Waals surface area contributed by atoms with E-state index in [1.54, 1.807) is 36.3 Å². The normalized spacial score (nSPS) is 21.6. The molecule has 8 nitrogen and oxygen atoms in total. The predicted molar refractivity (Wildman–Crippen MR) is 87.9 cm³/mol. The molecular weight excluding hydrogens is 326 g/mol. The van der Waals surface area contributed by atoms with Gasteiger partial charge in [0.15, 0.2) is 5.54 Å². The van der Waals surface area contributed by atoms with E-state index in [1.807, 2.05) is 0 Å². The Hall–Kier alpha value is -2.45. The second kappa shape index (κ2) is 6.81. The van der Waals surface area contributed by atoms with E-state index in [9.17, 15) is 19.5 Å². The summed E-state index contributed by atoms with van der Waals surface area (Å²) in [5, 5.41) is 14.2. The van der Waals surface area contributed by atoms with Gasteiger partial charge in [0.1, 0.15) is 5.75 Å². The maximum absolute atomic E-state index is 12.7. The van der Waals surface area contributed by atoms with Crippen molar-refractivity contribution < 1.29 is 24.2 Å². The molecule has 0 saturated carbocycles. The lowest BCUT2D eigenvalue weighted by atomic mass is 9.84. The number of aliphatic hydroxyl groups is 1. The fraction of sp³-hybridized carbons (Fsp3) is 0.471. The number of aliphatic hydroxyl groups excluding tert-OH is 1. The number of hydrogen-bond acceptors (Lipinski definition) is 6. The van der Waals surface area contributed by atoms with Gasteiger partial charge in [-0.15, -0.1) is 0 Å². The number of nitrogens with zero attached hydrogens (tertiary/aromatic N) is 1. The number of hydrogen-bond donors (Lipinski definition) is 3. The van der Waals surface area contributed by atoms with Crippen LogP contribution >= 0.6 is 0 Å². The first kappa shape index (κ1) is 17.4. The summed E-state index contributed by atoms with van der Waals surface area (Å²) in [5.41, 5.74) is -0.741. The summed E-state index contributed by atoms with van der Waals surface area (Å²) in [6, 6.07) is 6.28. The van der Waals surface area contributed by atoms with Gasteiger partial charge in [0, 0.05) is 19.5 Å². The quantitative estimate of drug-likeness (QED) is 0.651. The molecule has 0 atom stereocenters. The molecular formula is C17H21N3O5. The van der Waals surface area contributed by atoms with E-state index in [0.717, 1.165) is 5.56 Å². The highest BCUT2D eigenvalue weighted by molar-refractivity contribution is 6.22. The Balaban J connectivity index is 1.94. The minimum Gasteiger partial charge on any atom is -0.497 e. The van der Waals surface area contributed by atoms with E-state index in [1.165, 1.54) is 0 Å². The molecule has 0 unspecified atom stereocenters. The van der Waals surface area contributed by atoms with Crippen LogP contribution in [0.2, 0.25) is 0 Å². The monoisotopic (exact) mass is 347 g/mol. The lowest BCUT2D eigenvalue weighted by Gasteiger charge is -2.45. The lowest BCUT2D eigenvalue weighted by molar-refractivity contribution is -0.149. The molecule has 2 fully saturated rings. The number of likely N-dealkylation sites (tertiary alicyclic amines) is 1. The highest BCUT2D eigenvalue weighted by Crippen LogP contribution is 2.28. The molecule has 0 bridgehead atoms. The van der Waals surface area contributed by atoms with Crippen LogP contribution in [-0.4, -0.2) is 59.7 Å². The first-order chi connectivity index (χ1) is 12.0. The number of benzene rings is 1. The van der Waals surface area contributed by atoms with Gasteiger partial charge in [-0.2, -0.15) is 0 Å². The van der Waals surface area contributed by atoms with Crippen molar-refractivity contribution in [1.82, 2.24) is 15.5 Å². The molecule has 1 aromatic carbocycles. The van der Waals surface area contributed by atoms with Gasteiger partial charge in [0.25, 0.3) is 11.8 Å². The molecule has 2 saturated heterocycles. The molecule has 8 heteroatoms. The fourth-order valence-corrected chi connectivity index (χ4v) is 3.39. The molecule has 3 rings (SSSR count). The molecule has 0 aliphatic carbocycles. The molecule has 1 aromatic rings. The van der Waals surface area contributed by atoms with Crippen LogP contribution < -0.4 is 15.4 Å². The van der Waals surface area contributed by atoms with Crippen LogP contribution in [0, 0.1) is 0 Å². The number of nitrogens with one attached hydrogen (secondary N) is 2. The van der Waals surface area contributed by atoms with Gasteiger partial charge in [-0.1, -0.05) is 12.1 Å². The van der Waals surface area contributed by atoms with Crippen LogP contribution in [0.5, 0.6) is 5.75 Å². The number of carbonyl (C=O) groups excluding carboxylic acids is 3. The number of piperidine rings is 1. The Kier molecular flexibility index (Phi) is 4.73. The summed E-state index contributed by atoms with van der Waals surface area (Å²) in [6.07, 6.45) is 0.626. The summed E-state index contributed by atoms with van der Waals surface area (Å²) in [6.45, 7) is 0.790. The van der Waals surface area contributed by atoms with Gasteiger partial charge in [-0.25, -0.2) is 4.79 Å². The summed E-state index contributed by atoms with van der Waals surface area (Å²) in [5.74, 6) is -0.589. The van der Waals surface area contributed by atoms with Gasteiger partial charge in [0.2, 0.25) is 0 Å². The Labute approximate surface area is 145 Å². The van der Waals surface area contributed by atoms with Gasteiger partial charge in [0.05, 0.1) is 13.2 Å². The highest BCUT2D eigenvalue weighted by atomic mass is 16.5. The third-order valence-electron chi connectivity index (χ3n) is 4.83. The van der Waals surface area contributed by atoms with Crippen LogP contribution in [0.3, 0.4) is 0 Å². The van der Waals surface area contributed by atoms with E-state index in [2.05, 4.69) is 10.6 Å². The standard InChI is InChI=1S/C17H21N3O5/c1-25-13-4-2-11(3-5-13)10-17(20-8-6-12(21)7-9-20)14(22)18-16(24)19-15(17)23/h2-5,12,21H,6-10H2,1H3,(H2,18,19,22,23,24). The molecule has 134 valence electrons. The third kappa shape index (κ3) is 3.22. The van der Waals surface area contributed by atoms with E-state index >= 15 is 0 Å². The van der Waals surface area contributed by atoms with Crippen LogP contribution in [0.25, 0.3) is 0 Å². The Morgan fingerprint density at radius 1 is 1.12 bits per heavy atom. The SMILES string of the molecule is COc1ccc(CC2(N3CCC(O)CC3)C(=O)NC(=O)NC2=O)cc1. The van der Waals surface area contributed by atoms with Gasteiger partial charge in [-0.3, -0.25) is 25.1 Å². The number of rotatable bonds is 4. The molecule has 0 radical (unpaired) electrons. The van der Waals surface area contributed by atoms with E-state index in [4.69, 9.17) is 4.74 Å². The van der Waals surface area contributed by atoms with Crippen molar-refractivity contribution in [2.24, 2.45) is 0 Å². The van der Waals surface area contributed by atoms with Gasteiger partial charge < -0.3 is 9.84 Å².